The summed E-state index contributed by atoms with van der Waals surface area (Å²) in [5, 5.41) is 18.1. The van der Waals surface area contributed by atoms with Gasteiger partial charge in [-0.3, -0.25) is 0 Å². The van der Waals surface area contributed by atoms with Gasteiger partial charge in [-0.2, -0.15) is 5.26 Å². The zero-order chi connectivity index (χ0) is 16.5. The van der Waals surface area contributed by atoms with Crippen molar-refractivity contribution in [2.24, 2.45) is 0 Å². The third kappa shape index (κ3) is 2.52. The van der Waals surface area contributed by atoms with Crippen LogP contribution in [0, 0.1) is 11.3 Å². The van der Waals surface area contributed by atoms with Crippen LogP contribution in [0.5, 0.6) is 0 Å². The molecule has 3 heterocycles. The first-order valence-corrected chi connectivity index (χ1v) is 8.01. The molecular formula is C17H16N6O. The minimum atomic E-state index is -0.241. The molecule has 24 heavy (non-hydrogen) atoms. The molecule has 0 atom stereocenters. The Kier molecular flexibility index (Phi) is 3.50. The van der Waals surface area contributed by atoms with E-state index in [1.54, 1.807) is 6.08 Å². The van der Waals surface area contributed by atoms with Gasteiger partial charge >= 0.3 is 5.69 Å². The fraction of sp³-hybridized carbons (Fsp3) is 0.294. The van der Waals surface area contributed by atoms with E-state index in [-0.39, 0.29) is 5.69 Å². The van der Waals surface area contributed by atoms with Gasteiger partial charge in [0.25, 0.3) is 0 Å². The first-order valence-electron chi connectivity index (χ1n) is 8.01. The van der Waals surface area contributed by atoms with Gasteiger partial charge in [-0.25, -0.2) is 4.79 Å². The fourth-order valence-corrected chi connectivity index (χ4v) is 3.14. The van der Waals surface area contributed by atoms with E-state index in [1.165, 1.54) is 6.42 Å². The molecule has 2 aromatic heterocycles. The predicted octanol–water partition coefficient (Wildman–Crippen LogP) is 2.24. The number of nitrogens with one attached hydrogen (secondary N) is 2. The first kappa shape index (κ1) is 14.5. The number of hydrogen-bond donors (Lipinski definition) is 2. The molecule has 0 saturated heterocycles. The van der Waals surface area contributed by atoms with Crippen molar-refractivity contribution in [3.8, 4) is 6.07 Å². The van der Waals surface area contributed by atoms with Crippen molar-refractivity contribution in [1.82, 2.24) is 24.7 Å². The number of nitrogens with zero attached hydrogens (tertiary/aromatic N) is 4. The summed E-state index contributed by atoms with van der Waals surface area (Å²) in [5.41, 5.74) is 2.53. The molecule has 0 bridgehead atoms. The summed E-state index contributed by atoms with van der Waals surface area (Å²) in [6.45, 7) is 0.848. The van der Waals surface area contributed by atoms with Crippen molar-refractivity contribution in [3.63, 3.8) is 0 Å². The largest absolute Gasteiger partial charge is 0.323 e. The lowest BCUT2D eigenvalue weighted by atomic mass is 10.1. The average Bonchev–Trinajstić information content (AvgIpc) is 3.06. The lowest BCUT2D eigenvalue weighted by Gasteiger charge is -2.05. The molecule has 7 heteroatoms. The molecular weight excluding hydrogens is 304 g/mol. The maximum atomic E-state index is 11.4. The Bertz CT molecular complexity index is 1030. The summed E-state index contributed by atoms with van der Waals surface area (Å²) < 4.78 is 2.05. The number of H-pyrrole nitrogens is 2. The van der Waals surface area contributed by atoms with Crippen molar-refractivity contribution >= 4 is 22.7 Å². The van der Waals surface area contributed by atoms with Gasteiger partial charge in [0.05, 0.1) is 16.6 Å². The summed E-state index contributed by atoms with van der Waals surface area (Å²) in [5.74, 6) is 1.58. The second kappa shape index (κ2) is 5.81. The molecule has 0 amide bonds. The monoisotopic (exact) mass is 320 g/mol. The molecule has 1 aliphatic rings. The van der Waals surface area contributed by atoms with Crippen LogP contribution in [0.15, 0.2) is 23.0 Å². The van der Waals surface area contributed by atoms with Crippen LogP contribution in [0.3, 0.4) is 0 Å². The molecule has 1 aliphatic heterocycles. The van der Waals surface area contributed by atoms with Crippen molar-refractivity contribution in [2.75, 3.05) is 0 Å². The summed E-state index contributed by atoms with van der Waals surface area (Å²) in [6, 6.07) is 7.75. The summed E-state index contributed by atoms with van der Waals surface area (Å²) in [4.78, 5) is 16.8. The van der Waals surface area contributed by atoms with Gasteiger partial charge in [0.15, 0.2) is 5.82 Å². The van der Waals surface area contributed by atoms with Gasteiger partial charge in [0, 0.05) is 13.0 Å². The van der Waals surface area contributed by atoms with Gasteiger partial charge in [0.1, 0.15) is 11.9 Å². The van der Waals surface area contributed by atoms with E-state index in [4.69, 9.17) is 0 Å². The smallest absolute Gasteiger partial charge is 0.310 e. The standard InChI is InChI=1S/C17H16N6O/c18-10-12(16-22-21-15-4-2-1-3-7-23(15)16)8-11-5-6-13-14(9-11)20-17(24)19-13/h5-6,8-9H,1-4,7H2,(H2,19,20,24)/b12-8+. The highest BCUT2D eigenvalue weighted by atomic mass is 16.1. The number of allylic oxidation sites excluding steroid dienone is 1. The molecule has 3 aromatic rings. The quantitative estimate of drug-likeness (QED) is 0.707. The van der Waals surface area contributed by atoms with Crippen LogP contribution >= 0.6 is 0 Å². The van der Waals surface area contributed by atoms with Gasteiger partial charge < -0.3 is 14.5 Å². The zero-order valence-corrected chi connectivity index (χ0v) is 13.0. The van der Waals surface area contributed by atoms with E-state index in [0.717, 1.165) is 42.7 Å². The molecule has 0 spiro atoms. The maximum absolute atomic E-state index is 11.4. The molecule has 0 radical (unpaired) electrons. The minimum absolute atomic E-state index is 0.241. The van der Waals surface area contributed by atoms with E-state index in [1.807, 2.05) is 18.2 Å². The number of hydrogen-bond acceptors (Lipinski definition) is 4. The average molecular weight is 320 g/mol. The van der Waals surface area contributed by atoms with Crippen LogP contribution < -0.4 is 5.69 Å². The van der Waals surface area contributed by atoms with E-state index < -0.39 is 0 Å². The Balaban J connectivity index is 1.77. The molecule has 7 nitrogen and oxygen atoms in total. The Morgan fingerprint density at radius 1 is 1.21 bits per heavy atom. The van der Waals surface area contributed by atoms with Crippen molar-refractivity contribution in [3.05, 3.63) is 45.9 Å². The number of nitriles is 1. The highest BCUT2D eigenvalue weighted by Gasteiger charge is 2.17. The van der Waals surface area contributed by atoms with Gasteiger partial charge in [-0.15, -0.1) is 10.2 Å². The maximum Gasteiger partial charge on any atom is 0.323 e. The van der Waals surface area contributed by atoms with E-state index in [9.17, 15) is 10.1 Å². The second-order valence-corrected chi connectivity index (χ2v) is 5.96. The lowest BCUT2D eigenvalue weighted by molar-refractivity contribution is 0.627. The molecule has 1 aromatic carbocycles. The number of imidazole rings is 1. The first-order chi connectivity index (χ1) is 11.7. The highest BCUT2D eigenvalue weighted by molar-refractivity contribution is 5.89. The molecule has 120 valence electrons. The predicted molar refractivity (Wildman–Crippen MR) is 90.0 cm³/mol. The Labute approximate surface area is 137 Å². The topological polar surface area (TPSA) is 103 Å². The molecule has 2 N–H and O–H groups in total. The number of rotatable bonds is 2. The number of fused-ring (bicyclic) bond motifs is 2. The third-order valence-corrected chi connectivity index (χ3v) is 4.32. The molecule has 0 aliphatic carbocycles. The summed E-state index contributed by atoms with van der Waals surface area (Å²) >= 11 is 0. The molecule has 4 rings (SSSR count). The van der Waals surface area contributed by atoms with E-state index >= 15 is 0 Å². The Morgan fingerprint density at radius 3 is 2.96 bits per heavy atom. The van der Waals surface area contributed by atoms with Crippen LogP contribution in [0.25, 0.3) is 22.7 Å². The van der Waals surface area contributed by atoms with Crippen LogP contribution in [0.2, 0.25) is 0 Å². The third-order valence-electron chi connectivity index (χ3n) is 4.32. The van der Waals surface area contributed by atoms with Crippen molar-refractivity contribution in [1.29, 1.82) is 5.26 Å². The van der Waals surface area contributed by atoms with Crippen LogP contribution in [0.4, 0.5) is 0 Å². The van der Waals surface area contributed by atoms with Crippen molar-refractivity contribution < 1.29 is 0 Å². The van der Waals surface area contributed by atoms with E-state index in [0.29, 0.717) is 16.9 Å². The number of benzene rings is 1. The lowest BCUT2D eigenvalue weighted by Crippen LogP contribution is -2.05. The normalized spacial score (nSPS) is 15.0. The Hall–Kier alpha value is -3.14. The van der Waals surface area contributed by atoms with Crippen LogP contribution in [-0.2, 0) is 13.0 Å². The highest BCUT2D eigenvalue weighted by Crippen LogP contribution is 2.22. The SMILES string of the molecule is N#C/C(=C\c1ccc2[nH]c(=O)[nH]c2c1)c1nnc2n1CCCCC2. The van der Waals surface area contributed by atoms with Gasteiger partial charge in [-0.1, -0.05) is 12.5 Å². The zero-order valence-electron chi connectivity index (χ0n) is 13.0. The van der Waals surface area contributed by atoms with Crippen LogP contribution in [0.1, 0.15) is 36.5 Å². The van der Waals surface area contributed by atoms with Crippen molar-refractivity contribution in [2.45, 2.75) is 32.2 Å². The molecule has 0 unspecified atom stereocenters. The van der Waals surface area contributed by atoms with Gasteiger partial charge in [-0.05, 0) is 36.6 Å². The summed E-state index contributed by atoms with van der Waals surface area (Å²) in [7, 11) is 0. The number of aryl methyl sites for hydroxylation is 1. The molecule has 0 fully saturated rings. The summed E-state index contributed by atoms with van der Waals surface area (Å²) in [6.07, 6.45) is 6.05. The van der Waals surface area contributed by atoms with E-state index in [2.05, 4.69) is 30.8 Å². The van der Waals surface area contributed by atoms with Crippen LogP contribution in [-0.4, -0.2) is 24.7 Å². The van der Waals surface area contributed by atoms with Gasteiger partial charge in [0.2, 0.25) is 0 Å². The fourth-order valence-electron chi connectivity index (χ4n) is 3.14. The second-order valence-electron chi connectivity index (χ2n) is 5.96. The number of aromatic nitrogens is 5. The number of aromatic amines is 2. The minimum Gasteiger partial charge on any atom is -0.310 e. The Morgan fingerprint density at radius 2 is 2.08 bits per heavy atom. The molecule has 0 saturated carbocycles.